The van der Waals surface area contributed by atoms with Crippen molar-refractivity contribution in [1.29, 1.82) is 0 Å². The molecule has 2 nitrogen and oxygen atoms in total. The zero-order valence-electron chi connectivity index (χ0n) is 8.42. The van der Waals surface area contributed by atoms with Crippen LogP contribution >= 0.6 is 0 Å². The second-order valence-corrected chi connectivity index (χ2v) is 3.47. The topological polar surface area (TPSA) is 35.2 Å². The number of rotatable bonds is 6. The van der Waals surface area contributed by atoms with Gasteiger partial charge in [0, 0.05) is 13.2 Å². The lowest BCUT2D eigenvalue weighted by Crippen LogP contribution is -2.39. The Bertz CT molecular complexity index is 123. The van der Waals surface area contributed by atoms with Crippen LogP contribution in [0.2, 0.25) is 0 Å². The Labute approximate surface area is 75.8 Å². The van der Waals surface area contributed by atoms with Crippen molar-refractivity contribution in [3.05, 3.63) is 12.7 Å². The lowest BCUT2D eigenvalue weighted by molar-refractivity contribution is 0.0421. The predicted molar refractivity (Wildman–Crippen MR) is 53.0 cm³/mol. The largest absolute Gasteiger partial charge is 0.380 e. The van der Waals surface area contributed by atoms with E-state index in [0.717, 1.165) is 12.8 Å². The van der Waals surface area contributed by atoms with Gasteiger partial charge in [-0.05, 0) is 18.8 Å². The summed E-state index contributed by atoms with van der Waals surface area (Å²) in [4.78, 5) is 0. The van der Waals surface area contributed by atoms with Crippen LogP contribution in [0.1, 0.15) is 26.7 Å². The minimum atomic E-state index is 0.132. The summed E-state index contributed by atoms with van der Waals surface area (Å²) in [6.07, 6.45) is 3.99. The molecule has 2 heteroatoms. The number of hydrogen-bond acceptors (Lipinski definition) is 2. The average molecular weight is 171 g/mol. The van der Waals surface area contributed by atoms with Crippen molar-refractivity contribution >= 4 is 0 Å². The molecule has 2 N–H and O–H groups in total. The molecule has 0 bridgehead atoms. The third kappa shape index (κ3) is 3.88. The molecule has 0 aliphatic heterocycles. The highest BCUT2D eigenvalue weighted by atomic mass is 16.5. The van der Waals surface area contributed by atoms with Gasteiger partial charge in [0.2, 0.25) is 0 Å². The number of allylic oxidation sites excluding steroid dienone is 1. The van der Waals surface area contributed by atoms with Gasteiger partial charge in [0.1, 0.15) is 0 Å². The first kappa shape index (κ1) is 11.7. The van der Waals surface area contributed by atoms with Crippen molar-refractivity contribution in [3.63, 3.8) is 0 Å². The summed E-state index contributed by atoms with van der Waals surface area (Å²) in [6, 6.07) is 0.132. The van der Waals surface area contributed by atoms with Crippen LogP contribution in [0.3, 0.4) is 0 Å². The van der Waals surface area contributed by atoms with E-state index in [1.807, 2.05) is 6.08 Å². The smallest absolute Gasteiger partial charge is 0.0745 e. The maximum absolute atomic E-state index is 5.94. The van der Waals surface area contributed by atoms with E-state index in [1.54, 1.807) is 7.11 Å². The van der Waals surface area contributed by atoms with Crippen LogP contribution in [0.25, 0.3) is 0 Å². The number of ether oxygens (including phenoxy) is 1. The maximum Gasteiger partial charge on any atom is 0.0745 e. The fourth-order valence-electron chi connectivity index (χ4n) is 1.42. The molecule has 0 radical (unpaired) electrons. The Hall–Kier alpha value is -0.340. The molecule has 2 unspecified atom stereocenters. The van der Waals surface area contributed by atoms with Crippen molar-refractivity contribution in [2.75, 3.05) is 7.11 Å². The average Bonchev–Trinajstić information content (AvgIpc) is 2.01. The van der Waals surface area contributed by atoms with Crippen molar-refractivity contribution < 1.29 is 4.74 Å². The lowest BCUT2D eigenvalue weighted by atomic mass is 9.97. The van der Waals surface area contributed by atoms with E-state index in [-0.39, 0.29) is 12.1 Å². The summed E-state index contributed by atoms with van der Waals surface area (Å²) < 4.78 is 5.31. The Kier molecular flexibility index (Phi) is 6.03. The number of nitrogens with two attached hydrogens (primary N) is 1. The van der Waals surface area contributed by atoms with Gasteiger partial charge in [-0.3, -0.25) is 0 Å². The van der Waals surface area contributed by atoms with E-state index in [1.165, 1.54) is 0 Å². The maximum atomic E-state index is 5.94. The van der Waals surface area contributed by atoms with Crippen LogP contribution in [0, 0.1) is 5.92 Å². The van der Waals surface area contributed by atoms with E-state index < -0.39 is 0 Å². The Balaban J connectivity index is 3.84. The first-order valence-electron chi connectivity index (χ1n) is 4.52. The van der Waals surface area contributed by atoms with Gasteiger partial charge in [-0.15, -0.1) is 6.58 Å². The minimum Gasteiger partial charge on any atom is -0.380 e. The Morgan fingerprint density at radius 3 is 2.42 bits per heavy atom. The van der Waals surface area contributed by atoms with Gasteiger partial charge >= 0.3 is 0 Å². The SMILES string of the molecule is C=CCCC(N)C(OC)C(C)C. The minimum absolute atomic E-state index is 0.132. The number of hydrogen-bond donors (Lipinski definition) is 1. The molecule has 2 atom stereocenters. The first-order valence-corrected chi connectivity index (χ1v) is 4.52. The summed E-state index contributed by atoms with van der Waals surface area (Å²) in [5.41, 5.74) is 5.94. The predicted octanol–water partition coefficient (Wildman–Crippen LogP) is 1.95. The summed E-state index contributed by atoms with van der Waals surface area (Å²) >= 11 is 0. The quantitative estimate of drug-likeness (QED) is 0.620. The van der Waals surface area contributed by atoms with Gasteiger partial charge in [-0.25, -0.2) is 0 Å². The Morgan fingerprint density at radius 1 is 1.50 bits per heavy atom. The van der Waals surface area contributed by atoms with Gasteiger partial charge in [0.05, 0.1) is 6.10 Å². The van der Waals surface area contributed by atoms with Gasteiger partial charge < -0.3 is 10.5 Å². The molecule has 0 aliphatic carbocycles. The van der Waals surface area contributed by atoms with Gasteiger partial charge in [-0.2, -0.15) is 0 Å². The number of methoxy groups -OCH3 is 1. The molecule has 0 fully saturated rings. The summed E-state index contributed by atoms with van der Waals surface area (Å²) in [7, 11) is 1.72. The zero-order chi connectivity index (χ0) is 9.56. The summed E-state index contributed by atoms with van der Waals surface area (Å²) in [5, 5.41) is 0. The Morgan fingerprint density at radius 2 is 2.08 bits per heavy atom. The summed E-state index contributed by atoms with van der Waals surface area (Å²) in [5.74, 6) is 0.481. The highest BCUT2D eigenvalue weighted by molar-refractivity contribution is 4.79. The van der Waals surface area contributed by atoms with E-state index in [0.29, 0.717) is 5.92 Å². The van der Waals surface area contributed by atoms with Gasteiger partial charge in [0.15, 0.2) is 0 Å². The van der Waals surface area contributed by atoms with Crippen LogP contribution < -0.4 is 5.73 Å². The van der Waals surface area contributed by atoms with Crippen LogP contribution in [-0.4, -0.2) is 19.3 Å². The fraction of sp³-hybridized carbons (Fsp3) is 0.800. The van der Waals surface area contributed by atoms with Gasteiger partial charge in [0.25, 0.3) is 0 Å². The molecule has 0 spiro atoms. The molecule has 0 heterocycles. The van der Waals surface area contributed by atoms with Crippen molar-refractivity contribution in [2.24, 2.45) is 11.7 Å². The van der Waals surface area contributed by atoms with E-state index >= 15 is 0 Å². The molecule has 0 aromatic heterocycles. The fourth-order valence-corrected chi connectivity index (χ4v) is 1.42. The monoisotopic (exact) mass is 171 g/mol. The second-order valence-electron chi connectivity index (χ2n) is 3.47. The summed E-state index contributed by atoms with van der Waals surface area (Å²) in [6.45, 7) is 7.92. The third-order valence-electron chi connectivity index (χ3n) is 2.06. The molecule has 0 amide bonds. The molecule has 12 heavy (non-hydrogen) atoms. The molecule has 72 valence electrons. The van der Waals surface area contributed by atoms with Crippen LogP contribution in [0.4, 0.5) is 0 Å². The van der Waals surface area contributed by atoms with Crippen molar-refractivity contribution in [1.82, 2.24) is 0 Å². The molecule has 0 aromatic rings. The first-order chi connectivity index (χ1) is 5.63. The van der Waals surface area contributed by atoms with Crippen LogP contribution in [-0.2, 0) is 4.74 Å². The van der Waals surface area contributed by atoms with E-state index in [2.05, 4.69) is 20.4 Å². The third-order valence-corrected chi connectivity index (χ3v) is 2.06. The van der Waals surface area contributed by atoms with Crippen LogP contribution in [0.15, 0.2) is 12.7 Å². The van der Waals surface area contributed by atoms with Crippen LogP contribution in [0.5, 0.6) is 0 Å². The molecule has 0 aromatic carbocycles. The molecular weight excluding hydrogens is 150 g/mol. The molecular formula is C10H21NO. The molecule has 0 saturated heterocycles. The molecule has 0 aliphatic rings. The lowest BCUT2D eigenvalue weighted by Gasteiger charge is -2.25. The molecule has 0 rings (SSSR count). The highest BCUT2D eigenvalue weighted by Crippen LogP contribution is 2.12. The molecule has 0 saturated carbocycles. The van der Waals surface area contributed by atoms with Gasteiger partial charge in [-0.1, -0.05) is 19.9 Å². The van der Waals surface area contributed by atoms with E-state index in [9.17, 15) is 0 Å². The zero-order valence-corrected chi connectivity index (χ0v) is 8.42. The van der Waals surface area contributed by atoms with Crippen molar-refractivity contribution in [3.8, 4) is 0 Å². The van der Waals surface area contributed by atoms with E-state index in [4.69, 9.17) is 10.5 Å². The normalized spacial score (nSPS) is 16.1. The highest BCUT2D eigenvalue weighted by Gasteiger charge is 2.19. The van der Waals surface area contributed by atoms with Crippen molar-refractivity contribution in [2.45, 2.75) is 38.8 Å². The second kappa shape index (κ2) is 6.21. The standard InChI is InChI=1S/C10H21NO/c1-5-6-7-9(11)10(12-4)8(2)3/h5,8-10H,1,6-7,11H2,2-4H3.